The monoisotopic (exact) mass is 264 g/mol. The second kappa shape index (κ2) is 5.83. The van der Waals surface area contributed by atoms with E-state index in [2.05, 4.69) is 4.98 Å². The van der Waals surface area contributed by atoms with E-state index in [1.807, 2.05) is 30.3 Å². The summed E-state index contributed by atoms with van der Waals surface area (Å²) in [5.41, 5.74) is 2.84. The first kappa shape index (κ1) is 12.8. The summed E-state index contributed by atoms with van der Waals surface area (Å²) in [6, 6.07) is 8.58. The smallest absolute Gasteiger partial charge is 0.123 e. The average Bonchev–Trinajstić information content (AvgIpc) is 2.39. The molecule has 2 nitrogen and oxygen atoms in total. The molecule has 0 atom stereocenters. The highest BCUT2D eigenvalue weighted by molar-refractivity contribution is 6.17. The molecule has 2 rings (SSSR count). The van der Waals surface area contributed by atoms with Gasteiger partial charge in [0.1, 0.15) is 5.82 Å². The summed E-state index contributed by atoms with van der Waals surface area (Å²) in [5.74, 6) is 0.0361. The van der Waals surface area contributed by atoms with Crippen molar-refractivity contribution in [2.24, 2.45) is 0 Å². The molecule has 0 bridgehead atoms. The van der Waals surface area contributed by atoms with Crippen LogP contribution in [0.4, 0.5) is 10.1 Å². The summed E-state index contributed by atoms with van der Waals surface area (Å²) < 4.78 is 13.1. The van der Waals surface area contributed by atoms with Crippen LogP contribution >= 0.6 is 11.6 Å². The average molecular weight is 265 g/mol. The van der Waals surface area contributed by atoms with Gasteiger partial charge in [-0.1, -0.05) is 6.07 Å². The Kier molecular flexibility index (Phi) is 4.15. The van der Waals surface area contributed by atoms with Gasteiger partial charge in [0.15, 0.2) is 0 Å². The minimum absolute atomic E-state index is 0.260. The number of rotatable bonds is 4. The Balaban J connectivity index is 2.21. The van der Waals surface area contributed by atoms with Crippen molar-refractivity contribution < 1.29 is 4.39 Å². The van der Waals surface area contributed by atoms with Crippen molar-refractivity contribution in [2.75, 3.05) is 11.9 Å². The van der Waals surface area contributed by atoms with E-state index in [0.717, 1.165) is 16.8 Å². The molecule has 0 amide bonds. The van der Waals surface area contributed by atoms with Crippen LogP contribution in [-0.4, -0.2) is 12.0 Å². The minimum atomic E-state index is -0.260. The minimum Gasteiger partial charge on any atom is -0.370 e. The SMILES string of the molecule is CN(Cc1cccnc1)c1ccc(F)cc1CCl. The van der Waals surface area contributed by atoms with Gasteiger partial charge in [0.2, 0.25) is 0 Å². The molecule has 0 aliphatic carbocycles. The van der Waals surface area contributed by atoms with Crippen LogP contribution in [0.1, 0.15) is 11.1 Å². The van der Waals surface area contributed by atoms with E-state index in [0.29, 0.717) is 12.4 Å². The number of hydrogen-bond donors (Lipinski definition) is 0. The van der Waals surface area contributed by atoms with Gasteiger partial charge in [-0.05, 0) is 35.4 Å². The Morgan fingerprint density at radius 2 is 2.17 bits per heavy atom. The highest BCUT2D eigenvalue weighted by Gasteiger charge is 2.08. The molecular formula is C14H14ClFN2. The van der Waals surface area contributed by atoms with Crippen LogP contribution in [0.25, 0.3) is 0 Å². The maximum Gasteiger partial charge on any atom is 0.123 e. The number of anilines is 1. The Hall–Kier alpha value is -1.61. The lowest BCUT2D eigenvalue weighted by Gasteiger charge is -2.22. The zero-order chi connectivity index (χ0) is 13.0. The number of hydrogen-bond acceptors (Lipinski definition) is 2. The van der Waals surface area contributed by atoms with Crippen molar-refractivity contribution in [2.45, 2.75) is 12.4 Å². The Morgan fingerprint density at radius 3 is 2.83 bits per heavy atom. The van der Waals surface area contributed by atoms with Crippen molar-refractivity contribution in [3.8, 4) is 0 Å². The van der Waals surface area contributed by atoms with Gasteiger partial charge in [-0.25, -0.2) is 4.39 Å². The number of aromatic nitrogens is 1. The molecule has 1 aromatic heterocycles. The van der Waals surface area contributed by atoms with E-state index >= 15 is 0 Å². The van der Waals surface area contributed by atoms with E-state index in [9.17, 15) is 4.39 Å². The molecule has 0 saturated heterocycles. The normalized spacial score (nSPS) is 10.4. The molecule has 1 aromatic carbocycles. The van der Waals surface area contributed by atoms with Crippen molar-refractivity contribution >= 4 is 17.3 Å². The van der Waals surface area contributed by atoms with Gasteiger partial charge in [0.05, 0.1) is 0 Å². The van der Waals surface area contributed by atoms with E-state index in [1.165, 1.54) is 12.1 Å². The first-order valence-electron chi connectivity index (χ1n) is 5.65. The Labute approximate surface area is 111 Å². The molecule has 0 unspecified atom stereocenters. The number of nitrogens with zero attached hydrogens (tertiary/aromatic N) is 2. The van der Waals surface area contributed by atoms with Gasteiger partial charge >= 0.3 is 0 Å². The highest BCUT2D eigenvalue weighted by Crippen LogP contribution is 2.23. The van der Waals surface area contributed by atoms with Crippen molar-refractivity contribution in [3.63, 3.8) is 0 Å². The summed E-state index contributed by atoms with van der Waals surface area (Å²) in [6.07, 6.45) is 3.56. The molecular weight excluding hydrogens is 251 g/mol. The maximum atomic E-state index is 13.1. The second-order valence-electron chi connectivity index (χ2n) is 4.12. The summed E-state index contributed by atoms with van der Waals surface area (Å²) >= 11 is 5.85. The summed E-state index contributed by atoms with van der Waals surface area (Å²) in [7, 11) is 1.95. The van der Waals surface area contributed by atoms with Gasteiger partial charge < -0.3 is 4.90 Å². The molecule has 0 spiro atoms. The first-order valence-corrected chi connectivity index (χ1v) is 6.18. The molecule has 94 valence electrons. The van der Waals surface area contributed by atoms with Crippen LogP contribution in [0.2, 0.25) is 0 Å². The highest BCUT2D eigenvalue weighted by atomic mass is 35.5. The van der Waals surface area contributed by atoms with E-state index < -0.39 is 0 Å². The molecule has 0 saturated carbocycles. The van der Waals surface area contributed by atoms with Crippen molar-refractivity contribution in [3.05, 3.63) is 59.7 Å². The van der Waals surface area contributed by atoms with Crippen molar-refractivity contribution in [1.29, 1.82) is 0 Å². The molecule has 4 heteroatoms. The Morgan fingerprint density at radius 1 is 1.33 bits per heavy atom. The predicted molar refractivity (Wildman–Crippen MR) is 72.3 cm³/mol. The van der Waals surface area contributed by atoms with Crippen LogP contribution in [0.15, 0.2) is 42.7 Å². The van der Waals surface area contributed by atoms with E-state index in [-0.39, 0.29) is 5.82 Å². The molecule has 0 fully saturated rings. The largest absolute Gasteiger partial charge is 0.370 e. The van der Waals surface area contributed by atoms with E-state index in [4.69, 9.17) is 11.6 Å². The number of benzene rings is 1. The van der Waals surface area contributed by atoms with Crippen LogP contribution in [0, 0.1) is 5.82 Å². The van der Waals surface area contributed by atoms with Crippen LogP contribution < -0.4 is 4.90 Å². The molecule has 0 radical (unpaired) electrons. The number of alkyl halides is 1. The van der Waals surface area contributed by atoms with Crippen LogP contribution in [0.3, 0.4) is 0 Å². The number of halogens is 2. The topological polar surface area (TPSA) is 16.1 Å². The Bertz CT molecular complexity index is 516. The third-order valence-electron chi connectivity index (χ3n) is 2.74. The molecule has 0 aliphatic heterocycles. The fraction of sp³-hybridized carbons (Fsp3) is 0.214. The van der Waals surface area contributed by atoms with Crippen LogP contribution in [-0.2, 0) is 12.4 Å². The van der Waals surface area contributed by atoms with Gasteiger partial charge in [-0.3, -0.25) is 4.98 Å². The first-order chi connectivity index (χ1) is 8.70. The summed E-state index contributed by atoms with van der Waals surface area (Å²) in [4.78, 5) is 6.11. The van der Waals surface area contributed by atoms with Gasteiger partial charge in [-0.15, -0.1) is 11.6 Å². The lowest BCUT2D eigenvalue weighted by atomic mass is 10.1. The van der Waals surface area contributed by atoms with E-state index in [1.54, 1.807) is 12.3 Å². The van der Waals surface area contributed by atoms with Gasteiger partial charge in [0.25, 0.3) is 0 Å². The standard InChI is InChI=1S/C14H14ClFN2/c1-18(10-11-3-2-6-17-9-11)14-5-4-13(16)7-12(14)8-15/h2-7,9H,8,10H2,1H3. The predicted octanol–water partition coefficient (Wildman–Crippen LogP) is 3.60. The summed E-state index contributed by atoms with van der Waals surface area (Å²) in [6.45, 7) is 0.712. The molecule has 2 aromatic rings. The fourth-order valence-electron chi connectivity index (χ4n) is 1.88. The maximum absolute atomic E-state index is 13.1. The molecule has 1 heterocycles. The molecule has 18 heavy (non-hydrogen) atoms. The zero-order valence-corrected chi connectivity index (χ0v) is 10.9. The molecule has 0 N–H and O–H groups in total. The van der Waals surface area contributed by atoms with Crippen LogP contribution in [0.5, 0.6) is 0 Å². The van der Waals surface area contributed by atoms with Gasteiger partial charge in [-0.2, -0.15) is 0 Å². The third-order valence-corrected chi connectivity index (χ3v) is 3.03. The van der Waals surface area contributed by atoms with Crippen molar-refractivity contribution in [1.82, 2.24) is 4.98 Å². The third kappa shape index (κ3) is 2.99. The molecule has 0 aliphatic rings. The summed E-state index contributed by atoms with van der Waals surface area (Å²) in [5, 5.41) is 0. The lowest BCUT2D eigenvalue weighted by Crippen LogP contribution is -2.18. The lowest BCUT2D eigenvalue weighted by molar-refractivity contribution is 0.626. The second-order valence-corrected chi connectivity index (χ2v) is 4.39. The number of pyridine rings is 1. The van der Waals surface area contributed by atoms with Gasteiger partial charge in [0, 0.05) is 37.6 Å². The zero-order valence-electron chi connectivity index (χ0n) is 10.1. The fourth-order valence-corrected chi connectivity index (χ4v) is 2.10. The quantitative estimate of drug-likeness (QED) is 0.785.